The molecule has 0 saturated heterocycles. The highest BCUT2D eigenvalue weighted by Gasteiger charge is 2.14. The Morgan fingerprint density at radius 3 is 2.67 bits per heavy atom. The average Bonchev–Trinajstić information content (AvgIpc) is 2.92. The number of hydrogen-bond acceptors (Lipinski definition) is 2. The van der Waals surface area contributed by atoms with E-state index in [-0.39, 0.29) is 0 Å². The minimum absolute atomic E-state index is 0.709. The van der Waals surface area contributed by atoms with Gasteiger partial charge < -0.3 is 4.98 Å². The van der Waals surface area contributed by atoms with Crippen LogP contribution in [-0.4, -0.2) is 19.3 Å². The molecule has 3 aromatic rings. The third kappa shape index (κ3) is 2.63. The van der Waals surface area contributed by atoms with E-state index in [2.05, 4.69) is 21.6 Å². The highest BCUT2D eigenvalue weighted by atomic mass is 35.5. The van der Waals surface area contributed by atoms with Gasteiger partial charge in [0.15, 0.2) is 10.4 Å². The zero-order valence-electron chi connectivity index (χ0n) is 12.1. The van der Waals surface area contributed by atoms with E-state index < -0.39 is 0 Å². The van der Waals surface area contributed by atoms with Gasteiger partial charge in [-0.05, 0) is 36.3 Å². The molecule has 0 atom stereocenters. The SMILES string of the molecule is CCCc1nn(C)c2c1[nH]c(=S)n2Cc1ccc(Cl)cc1. The van der Waals surface area contributed by atoms with Crippen LogP contribution in [0.3, 0.4) is 0 Å². The fourth-order valence-corrected chi connectivity index (χ4v) is 2.99. The van der Waals surface area contributed by atoms with Crippen molar-refractivity contribution in [2.45, 2.75) is 26.3 Å². The molecule has 1 aromatic carbocycles. The molecule has 0 bridgehead atoms. The number of nitrogens with one attached hydrogen (secondary N) is 1. The number of fused-ring (bicyclic) bond motifs is 1. The van der Waals surface area contributed by atoms with Crippen molar-refractivity contribution in [1.82, 2.24) is 19.3 Å². The van der Waals surface area contributed by atoms with Gasteiger partial charge in [-0.15, -0.1) is 0 Å². The highest BCUT2D eigenvalue weighted by Crippen LogP contribution is 2.20. The van der Waals surface area contributed by atoms with E-state index >= 15 is 0 Å². The molecule has 110 valence electrons. The Hall–Kier alpha value is -1.59. The minimum atomic E-state index is 0.709. The lowest BCUT2D eigenvalue weighted by Crippen LogP contribution is -2.04. The molecule has 21 heavy (non-hydrogen) atoms. The maximum atomic E-state index is 5.94. The monoisotopic (exact) mass is 320 g/mol. The fourth-order valence-electron chi connectivity index (χ4n) is 2.61. The van der Waals surface area contributed by atoms with E-state index in [1.54, 1.807) is 0 Å². The van der Waals surface area contributed by atoms with E-state index in [9.17, 15) is 0 Å². The van der Waals surface area contributed by atoms with Crippen LogP contribution in [0.4, 0.5) is 0 Å². The predicted octanol–water partition coefficient (Wildman–Crippen LogP) is 4.09. The van der Waals surface area contributed by atoms with Crippen molar-refractivity contribution in [3.05, 3.63) is 45.3 Å². The molecule has 0 aliphatic carbocycles. The number of halogens is 1. The van der Waals surface area contributed by atoms with E-state index in [1.165, 1.54) is 0 Å². The first-order valence-corrected chi connectivity index (χ1v) is 7.77. The van der Waals surface area contributed by atoms with Gasteiger partial charge in [0, 0.05) is 12.1 Å². The summed E-state index contributed by atoms with van der Waals surface area (Å²) in [5, 5.41) is 5.34. The molecular formula is C15H17ClN4S. The minimum Gasteiger partial charge on any atom is -0.328 e. The van der Waals surface area contributed by atoms with Crippen LogP contribution in [0.15, 0.2) is 24.3 Å². The number of benzene rings is 1. The summed E-state index contributed by atoms with van der Waals surface area (Å²) in [7, 11) is 1.96. The maximum absolute atomic E-state index is 5.94. The van der Waals surface area contributed by atoms with Crippen molar-refractivity contribution in [2.75, 3.05) is 0 Å². The van der Waals surface area contributed by atoms with Crippen LogP contribution in [0, 0.1) is 4.77 Å². The van der Waals surface area contributed by atoms with Crippen LogP contribution in [0.25, 0.3) is 11.2 Å². The van der Waals surface area contributed by atoms with Gasteiger partial charge in [0.2, 0.25) is 0 Å². The van der Waals surface area contributed by atoms with Crippen molar-refractivity contribution < 1.29 is 0 Å². The van der Waals surface area contributed by atoms with Crippen LogP contribution in [-0.2, 0) is 20.0 Å². The topological polar surface area (TPSA) is 38.5 Å². The maximum Gasteiger partial charge on any atom is 0.179 e. The molecule has 0 fully saturated rings. The first kappa shape index (κ1) is 14.4. The molecule has 0 saturated carbocycles. The van der Waals surface area contributed by atoms with Gasteiger partial charge in [-0.1, -0.05) is 37.1 Å². The lowest BCUT2D eigenvalue weighted by Gasteiger charge is -2.05. The Labute approximate surface area is 133 Å². The number of aryl methyl sites for hydroxylation is 2. The summed E-state index contributed by atoms with van der Waals surface area (Å²) in [5.74, 6) is 0. The van der Waals surface area contributed by atoms with Crippen LogP contribution < -0.4 is 0 Å². The molecule has 3 rings (SSSR count). The number of imidazole rings is 1. The molecule has 0 radical (unpaired) electrons. The van der Waals surface area contributed by atoms with Crippen LogP contribution in [0.1, 0.15) is 24.6 Å². The van der Waals surface area contributed by atoms with Crippen molar-refractivity contribution >= 4 is 35.0 Å². The molecule has 1 N–H and O–H groups in total. The summed E-state index contributed by atoms with van der Waals surface area (Å²) in [6.45, 7) is 2.86. The lowest BCUT2D eigenvalue weighted by atomic mass is 10.2. The Bertz CT molecular complexity index is 826. The molecule has 2 aromatic heterocycles. The first-order chi connectivity index (χ1) is 10.1. The summed E-state index contributed by atoms with van der Waals surface area (Å²) >= 11 is 11.4. The number of hydrogen-bond donors (Lipinski definition) is 1. The molecule has 0 amide bonds. The van der Waals surface area contributed by atoms with Gasteiger partial charge in [-0.3, -0.25) is 9.25 Å². The van der Waals surface area contributed by atoms with E-state index in [1.807, 2.05) is 36.0 Å². The summed E-state index contributed by atoms with van der Waals surface area (Å²) in [4.78, 5) is 3.30. The van der Waals surface area contributed by atoms with Gasteiger partial charge in [0.05, 0.1) is 12.2 Å². The molecule has 4 nitrogen and oxygen atoms in total. The highest BCUT2D eigenvalue weighted by molar-refractivity contribution is 7.71. The normalized spacial score (nSPS) is 11.4. The smallest absolute Gasteiger partial charge is 0.179 e. The quantitative estimate of drug-likeness (QED) is 0.735. The van der Waals surface area contributed by atoms with Crippen LogP contribution in [0.2, 0.25) is 5.02 Å². The van der Waals surface area contributed by atoms with Crippen LogP contribution in [0.5, 0.6) is 0 Å². The Kier molecular flexibility index (Phi) is 3.87. The number of rotatable bonds is 4. The second-order valence-corrected chi connectivity index (χ2v) is 5.98. The van der Waals surface area contributed by atoms with Gasteiger partial charge >= 0.3 is 0 Å². The second kappa shape index (κ2) is 5.66. The van der Waals surface area contributed by atoms with Gasteiger partial charge in [-0.25, -0.2) is 0 Å². The Morgan fingerprint density at radius 2 is 2.00 bits per heavy atom. The van der Waals surface area contributed by atoms with Gasteiger partial charge in [0.25, 0.3) is 0 Å². The van der Waals surface area contributed by atoms with E-state index in [0.717, 1.165) is 45.1 Å². The molecular weight excluding hydrogens is 304 g/mol. The van der Waals surface area contributed by atoms with E-state index in [0.29, 0.717) is 6.54 Å². The number of aromatic nitrogens is 4. The Balaban J connectivity index is 2.08. The van der Waals surface area contributed by atoms with Crippen molar-refractivity contribution in [2.24, 2.45) is 7.05 Å². The third-order valence-electron chi connectivity index (χ3n) is 3.56. The third-order valence-corrected chi connectivity index (χ3v) is 4.14. The van der Waals surface area contributed by atoms with Crippen LogP contribution >= 0.6 is 23.8 Å². The molecule has 0 unspecified atom stereocenters. The second-order valence-electron chi connectivity index (χ2n) is 5.16. The van der Waals surface area contributed by atoms with E-state index in [4.69, 9.17) is 23.8 Å². The van der Waals surface area contributed by atoms with Crippen molar-refractivity contribution in [3.63, 3.8) is 0 Å². The molecule has 6 heteroatoms. The predicted molar refractivity (Wildman–Crippen MR) is 88.4 cm³/mol. The molecule has 0 spiro atoms. The fraction of sp³-hybridized carbons (Fsp3) is 0.333. The molecule has 2 heterocycles. The zero-order valence-corrected chi connectivity index (χ0v) is 13.6. The van der Waals surface area contributed by atoms with Crippen molar-refractivity contribution in [1.29, 1.82) is 0 Å². The molecule has 0 aliphatic rings. The van der Waals surface area contributed by atoms with Crippen molar-refractivity contribution in [3.8, 4) is 0 Å². The number of aromatic amines is 1. The molecule has 0 aliphatic heterocycles. The Morgan fingerprint density at radius 1 is 1.29 bits per heavy atom. The number of nitrogens with zero attached hydrogens (tertiary/aromatic N) is 3. The lowest BCUT2D eigenvalue weighted by molar-refractivity contribution is 0.703. The summed E-state index contributed by atoms with van der Waals surface area (Å²) in [6, 6.07) is 7.84. The largest absolute Gasteiger partial charge is 0.328 e. The zero-order chi connectivity index (χ0) is 15.0. The first-order valence-electron chi connectivity index (χ1n) is 6.99. The standard InChI is InChI=1S/C15H17ClN4S/c1-3-4-12-13-14(19(2)18-12)20(15(21)17-13)9-10-5-7-11(16)8-6-10/h5-8H,3-4,9H2,1-2H3,(H,17,21). The number of H-pyrrole nitrogens is 1. The van der Waals surface area contributed by atoms with Gasteiger partial charge in [-0.2, -0.15) is 5.10 Å². The summed E-state index contributed by atoms with van der Waals surface area (Å²) in [5.41, 5.74) is 4.34. The summed E-state index contributed by atoms with van der Waals surface area (Å²) in [6.07, 6.45) is 2.02. The summed E-state index contributed by atoms with van der Waals surface area (Å²) < 4.78 is 4.72. The van der Waals surface area contributed by atoms with Gasteiger partial charge in [0.1, 0.15) is 5.52 Å². The average molecular weight is 321 g/mol.